The highest BCUT2D eigenvalue weighted by atomic mass is 19.1. The minimum absolute atomic E-state index is 0.0701. The molecule has 0 unspecified atom stereocenters. The second kappa shape index (κ2) is 5.95. The lowest BCUT2D eigenvalue weighted by Gasteiger charge is -2.18. The number of ether oxygens (including phenoxy) is 1. The number of methoxy groups -OCH3 is 1. The first-order valence-electron chi connectivity index (χ1n) is 5.18. The van der Waals surface area contributed by atoms with E-state index < -0.39 is 22.4 Å². The first kappa shape index (κ1) is 13.9. The fourth-order valence-electron chi connectivity index (χ4n) is 1.47. The van der Waals surface area contributed by atoms with Crippen molar-refractivity contribution in [3.8, 4) is 0 Å². The number of nitrogens with zero attached hydrogens (tertiary/aromatic N) is 2. The van der Waals surface area contributed by atoms with Crippen LogP contribution in [0.4, 0.5) is 15.8 Å². The second-order valence-electron chi connectivity index (χ2n) is 3.61. The van der Waals surface area contributed by atoms with E-state index in [1.54, 1.807) is 7.05 Å². The molecule has 1 aromatic rings. The summed E-state index contributed by atoms with van der Waals surface area (Å²) in [6.07, 6.45) is 0.0701. The van der Waals surface area contributed by atoms with Gasteiger partial charge in [-0.15, -0.1) is 0 Å². The Bertz CT molecular complexity index is 464. The highest BCUT2D eigenvalue weighted by Gasteiger charge is 2.22. The molecule has 0 atom stereocenters. The fourth-order valence-corrected chi connectivity index (χ4v) is 1.47. The molecule has 0 saturated heterocycles. The highest BCUT2D eigenvalue weighted by molar-refractivity contribution is 5.71. The smallest absolute Gasteiger partial charge is 0.327 e. The Balaban J connectivity index is 2.92. The fraction of sp³-hybridized carbons (Fsp3) is 0.364. The summed E-state index contributed by atoms with van der Waals surface area (Å²) in [4.78, 5) is 22.4. The van der Waals surface area contributed by atoms with E-state index in [1.165, 1.54) is 24.1 Å². The van der Waals surface area contributed by atoms with Crippen molar-refractivity contribution >= 4 is 17.3 Å². The van der Waals surface area contributed by atoms with Gasteiger partial charge in [0.1, 0.15) is 5.69 Å². The highest BCUT2D eigenvalue weighted by Crippen LogP contribution is 2.29. The minimum Gasteiger partial charge on any atom is -0.469 e. The van der Waals surface area contributed by atoms with E-state index in [-0.39, 0.29) is 18.7 Å². The van der Waals surface area contributed by atoms with Gasteiger partial charge in [0.05, 0.1) is 18.5 Å². The summed E-state index contributed by atoms with van der Waals surface area (Å²) >= 11 is 0. The van der Waals surface area contributed by atoms with E-state index in [9.17, 15) is 19.3 Å². The zero-order valence-electron chi connectivity index (χ0n) is 10.1. The van der Waals surface area contributed by atoms with Crippen molar-refractivity contribution in [2.45, 2.75) is 6.42 Å². The van der Waals surface area contributed by atoms with Gasteiger partial charge in [-0.2, -0.15) is 4.39 Å². The Hall–Kier alpha value is -2.18. The van der Waals surface area contributed by atoms with Gasteiger partial charge in [-0.1, -0.05) is 6.07 Å². The number of esters is 1. The van der Waals surface area contributed by atoms with Crippen LogP contribution < -0.4 is 4.90 Å². The molecule has 0 bridgehead atoms. The van der Waals surface area contributed by atoms with E-state index in [2.05, 4.69) is 4.74 Å². The van der Waals surface area contributed by atoms with E-state index >= 15 is 0 Å². The van der Waals surface area contributed by atoms with E-state index in [0.29, 0.717) is 0 Å². The number of hydrogen-bond donors (Lipinski definition) is 0. The summed E-state index contributed by atoms with van der Waals surface area (Å²) in [5, 5.41) is 10.8. The third-order valence-electron chi connectivity index (χ3n) is 2.44. The van der Waals surface area contributed by atoms with Crippen LogP contribution in [0.15, 0.2) is 18.2 Å². The topological polar surface area (TPSA) is 72.7 Å². The number of rotatable bonds is 5. The van der Waals surface area contributed by atoms with Gasteiger partial charge in [0, 0.05) is 13.6 Å². The summed E-state index contributed by atoms with van der Waals surface area (Å²) in [5.41, 5.74) is -0.464. The molecule has 0 aliphatic heterocycles. The average Bonchev–Trinajstić information content (AvgIpc) is 2.34. The van der Waals surface area contributed by atoms with Crippen LogP contribution in [0.5, 0.6) is 0 Å². The van der Waals surface area contributed by atoms with Crippen molar-refractivity contribution in [3.05, 3.63) is 34.1 Å². The van der Waals surface area contributed by atoms with Crippen molar-refractivity contribution < 1.29 is 18.8 Å². The van der Waals surface area contributed by atoms with Gasteiger partial charge < -0.3 is 9.64 Å². The summed E-state index contributed by atoms with van der Waals surface area (Å²) in [7, 11) is 2.80. The molecular formula is C11H13FN2O4. The average molecular weight is 256 g/mol. The molecule has 0 heterocycles. The van der Waals surface area contributed by atoms with Gasteiger partial charge in [-0.3, -0.25) is 14.9 Å². The Morgan fingerprint density at radius 3 is 2.78 bits per heavy atom. The predicted octanol–water partition coefficient (Wildman–Crippen LogP) is 1.73. The number of nitro groups is 1. The number of carbonyl (C=O) groups is 1. The number of nitro benzene ring substituents is 1. The number of anilines is 1. The number of hydrogen-bond acceptors (Lipinski definition) is 5. The van der Waals surface area contributed by atoms with Crippen molar-refractivity contribution in [1.82, 2.24) is 0 Å². The van der Waals surface area contributed by atoms with Gasteiger partial charge in [0.25, 0.3) is 0 Å². The zero-order chi connectivity index (χ0) is 13.7. The van der Waals surface area contributed by atoms with Crippen molar-refractivity contribution in [2.75, 3.05) is 25.6 Å². The van der Waals surface area contributed by atoms with Crippen LogP contribution in [0.3, 0.4) is 0 Å². The molecule has 0 N–H and O–H groups in total. The number of halogens is 1. The molecule has 6 nitrogen and oxygen atoms in total. The van der Waals surface area contributed by atoms with Crippen molar-refractivity contribution in [2.24, 2.45) is 0 Å². The number of para-hydroxylation sites is 1. The Labute approximate surface area is 103 Å². The largest absolute Gasteiger partial charge is 0.469 e. The van der Waals surface area contributed by atoms with Crippen LogP contribution in [0, 0.1) is 15.9 Å². The maximum Gasteiger partial charge on any atom is 0.327 e. The molecule has 0 amide bonds. The molecule has 0 radical (unpaired) electrons. The van der Waals surface area contributed by atoms with Gasteiger partial charge in [0.15, 0.2) is 0 Å². The molecule has 1 rings (SSSR count). The van der Waals surface area contributed by atoms with Crippen molar-refractivity contribution in [1.29, 1.82) is 0 Å². The zero-order valence-corrected chi connectivity index (χ0v) is 10.1. The number of carbonyl (C=O) groups excluding carboxylic acids is 1. The Morgan fingerprint density at radius 1 is 1.56 bits per heavy atom. The van der Waals surface area contributed by atoms with Crippen LogP contribution in [0.1, 0.15) is 6.42 Å². The standard InChI is InChI=1S/C11H13FN2O4/c1-13(7-6-10(15)18-2)9-5-3-4-8(12)11(9)14(16)17/h3-5H,6-7H2,1-2H3. The summed E-state index contributed by atoms with van der Waals surface area (Å²) < 4.78 is 17.8. The third kappa shape index (κ3) is 3.16. The molecule has 0 spiro atoms. The number of benzene rings is 1. The van der Waals surface area contributed by atoms with Crippen LogP contribution in [0.2, 0.25) is 0 Å². The normalized spacial score (nSPS) is 9.94. The summed E-state index contributed by atoms with van der Waals surface area (Å²) in [6.45, 7) is 0.205. The molecule has 0 fully saturated rings. The monoisotopic (exact) mass is 256 g/mol. The predicted molar refractivity (Wildman–Crippen MR) is 63.0 cm³/mol. The molecular weight excluding hydrogens is 243 g/mol. The lowest BCUT2D eigenvalue weighted by Crippen LogP contribution is -2.22. The van der Waals surface area contributed by atoms with Gasteiger partial charge in [-0.05, 0) is 12.1 Å². The van der Waals surface area contributed by atoms with Crippen LogP contribution in [-0.4, -0.2) is 31.6 Å². The van der Waals surface area contributed by atoms with Crippen LogP contribution >= 0.6 is 0 Å². The lowest BCUT2D eigenvalue weighted by molar-refractivity contribution is -0.386. The second-order valence-corrected chi connectivity index (χ2v) is 3.61. The quantitative estimate of drug-likeness (QED) is 0.455. The molecule has 98 valence electrons. The SMILES string of the molecule is COC(=O)CCN(C)c1cccc(F)c1[N+](=O)[O-]. The summed E-state index contributed by atoms with van der Waals surface area (Å²) in [5.74, 6) is -1.33. The minimum atomic E-state index is -0.901. The molecule has 7 heteroatoms. The summed E-state index contributed by atoms with van der Waals surface area (Å²) in [6, 6.07) is 3.83. The van der Waals surface area contributed by atoms with Crippen LogP contribution in [0.25, 0.3) is 0 Å². The van der Waals surface area contributed by atoms with Gasteiger partial charge >= 0.3 is 11.7 Å². The molecule has 0 aromatic heterocycles. The Kier molecular flexibility index (Phi) is 4.59. The van der Waals surface area contributed by atoms with Gasteiger partial charge in [-0.25, -0.2) is 0 Å². The van der Waals surface area contributed by atoms with E-state index in [4.69, 9.17) is 0 Å². The van der Waals surface area contributed by atoms with E-state index in [0.717, 1.165) is 6.07 Å². The molecule has 18 heavy (non-hydrogen) atoms. The first-order valence-corrected chi connectivity index (χ1v) is 5.18. The molecule has 0 saturated carbocycles. The van der Waals surface area contributed by atoms with E-state index in [1.807, 2.05) is 0 Å². The Morgan fingerprint density at radius 2 is 2.22 bits per heavy atom. The first-order chi connectivity index (χ1) is 8.47. The van der Waals surface area contributed by atoms with Gasteiger partial charge in [0.2, 0.25) is 5.82 Å². The molecule has 0 aliphatic rings. The van der Waals surface area contributed by atoms with Crippen molar-refractivity contribution in [3.63, 3.8) is 0 Å². The maximum atomic E-state index is 13.4. The third-order valence-corrected chi connectivity index (χ3v) is 2.44. The lowest BCUT2D eigenvalue weighted by atomic mass is 10.2. The molecule has 1 aromatic carbocycles. The maximum absolute atomic E-state index is 13.4. The van der Waals surface area contributed by atoms with Crippen LogP contribution in [-0.2, 0) is 9.53 Å². The molecule has 0 aliphatic carbocycles.